The van der Waals surface area contributed by atoms with Gasteiger partial charge in [-0.3, -0.25) is 19.2 Å². The van der Waals surface area contributed by atoms with E-state index in [9.17, 15) is 23.6 Å². The maximum Gasteiger partial charge on any atom is 0.255 e. The minimum absolute atomic E-state index is 0.0359. The van der Waals surface area contributed by atoms with Crippen molar-refractivity contribution in [1.29, 1.82) is 0 Å². The largest absolute Gasteiger partial charge is 0.335 e. The number of anilines is 2. The number of carbonyl (C=O) groups excluding carboxylic acids is 4. The summed E-state index contributed by atoms with van der Waals surface area (Å²) in [6.45, 7) is 3.81. The van der Waals surface area contributed by atoms with Crippen LogP contribution in [0.5, 0.6) is 0 Å². The maximum absolute atomic E-state index is 13.3. The van der Waals surface area contributed by atoms with E-state index in [1.807, 2.05) is 0 Å². The normalized spacial score (nSPS) is 13.5. The molecule has 0 radical (unpaired) electrons. The van der Waals surface area contributed by atoms with Crippen molar-refractivity contribution in [2.75, 3.05) is 36.8 Å². The first-order valence-electron chi connectivity index (χ1n) is 9.88. The summed E-state index contributed by atoms with van der Waals surface area (Å²) < 4.78 is 13.3. The fourth-order valence-corrected chi connectivity index (χ4v) is 3.68. The first-order chi connectivity index (χ1) is 15.1. The molecule has 1 fully saturated rings. The molecule has 8 nitrogen and oxygen atoms in total. The van der Waals surface area contributed by atoms with Crippen molar-refractivity contribution >= 4 is 46.6 Å². The molecule has 0 aliphatic carbocycles. The molecule has 0 saturated carbocycles. The molecule has 2 aromatic rings. The van der Waals surface area contributed by atoms with Crippen LogP contribution < -0.4 is 10.6 Å². The third-order valence-electron chi connectivity index (χ3n) is 4.84. The Morgan fingerprint density at radius 3 is 1.78 bits per heavy atom. The molecular weight excluding hydrogens is 439 g/mol. The maximum atomic E-state index is 13.3. The van der Waals surface area contributed by atoms with Crippen LogP contribution in [0.15, 0.2) is 36.4 Å². The lowest BCUT2D eigenvalue weighted by atomic mass is 10.1. The van der Waals surface area contributed by atoms with Crippen molar-refractivity contribution in [3.8, 4) is 0 Å². The van der Waals surface area contributed by atoms with E-state index in [-0.39, 0.29) is 60.4 Å². The van der Waals surface area contributed by atoms with Gasteiger partial charge in [0.2, 0.25) is 11.8 Å². The van der Waals surface area contributed by atoms with Gasteiger partial charge in [-0.15, -0.1) is 0 Å². The van der Waals surface area contributed by atoms with Crippen LogP contribution in [0, 0.1) is 5.82 Å². The molecule has 1 heterocycles. The quantitative estimate of drug-likeness (QED) is 0.732. The van der Waals surface area contributed by atoms with Crippen molar-refractivity contribution in [3.63, 3.8) is 0 Å². The van der Waals surface area contributed by atoms with Gasteiger partial charge in [0.25, 0.3) is 11.8 Å². The molecule has 0 spiro atoms. The summed E-state index contributed by atoms with van der Waals surface area (Å²) in [5.74, 6) is -1.77. The van der Waals surface area contributed by atoms with Crippen LogP contribution in [0.2, 0.25) is 5.02 Å². The van der Waals surface area contributed by atoms with Gasteiger partial charge in [-0.1, -0.05) is 11.6 Å². The Morgan fingerprint density at radius 1 is 0.812 bits per heavy atom. The third kappa shape index (κ3) is 5.61. The first kappa shape index (κ1) is 23.2. The summed E-state index contributed by atoms with van der Waals surface area (Å²) >= 11 is 5.99. The third-order valence-corrected chi connectivity index (χ3v) is 5.15. The molecule has 0 atom stereocenters. The summed E-state index contributed by atoms with van der Waals surface area (Å²) in [4.78, 5) is 51.8. The summed E-state index contributed by atoms with van der Waals surface area (Å²) in [5.41, 5.74) is 1.26. The van der Waals surface area contributed by atoms with Crippen molar-refractivity contribution in [1.82, 2.24) is 9.80 Å². The summed E-state index contributed by atoms with van der Waals surface area (Å²) in [7, 11) is 0. The molecule has 4 amide bonds. The van der Waals surface area contributed by atoms with Gasteiger partial charge < -0.3 is 20.4 Å². The summed E-state index contributed by atoms with van der Waals surface area (Å²) in [6.07, 6.45) is 0. The molecule has 1 saturated heterocycles. The van der Waals surface area contributed by atoms with E-state index >= 15 is 0 Å². The van der Waals surface area contributed by atoms with E-state index in [0.717, 1.165) is 6.07 Å². The predicted molar refractivity (Wildman–Crippen MR) is 118 cm³/mol. The molecule has 168 valence electrons. The minimum atomic E-state index is -0.526. The van der Waals surface area contributed by atoms with E-state index in [4.69, 9.17) is 11.6 Å². The Morgan fingerprint density at radius 2 is 1.31 bits per heavy atom. The number of nitrogens with zero attached hydrogens (tertiary/aromatic N) is 2. The molecule has 0 unspecified atom stereocenters. The van der Waals surface area contributed by atoms with Gasteiger partial charge in [0.1, 0.15) is 5.82 Å². The number of halogens is 2. The van der Waals surface area contributed by atoms with Gasteiger partial charge in [0.15, 0.2) is 0 Å². The topological polar surface area (TPSA) is 98.8 Å². The number of nitrogens with one attached hydrogen (secondary N) is 2. The fourth-order valence-electron chi connectivity index (χ4n) is 3.43. The van der Waals surface area contributed by atoms with Gasteiger partial charge >= 0.3 is 0 Å². The number of carbonyl (C=O) groups is 4. The molecule has 2 aromatic carbocycles. The number of hydrogen-bond acceptors (Lipinski definition) is 4. The Balaban J connectivity index is 1.72. The smallest absolute Gasteiger partial charge is 0.255 e. The number of amides is 4. The SMILES string of the molecule is CC(=O)Nc1cc(NC(C)=O)cc(C(=O)N2CCN(C(=O)c3ccc(F)cc3Cl)CC2)c1. The van der Waals surface area contributed by atoms with Gasteiger partial charge in [-0.05, 0) is 36.4 Å². The lowest BCUT2D eigenvalue weighted by molar-refractivity contribution is -0.115. The molecule has 1 aliphatic heterocycles. The molecule has 1 aliphatic rings. The second kappa shape index (κ2) is 9.78. The predicted octanol–water partition coefficient (Wildman–Crippen LogP) is 2.99. The van der Waals surface area contributed by atoms with Crippen molar-refractivity contribution in [3.05, 3.63) is 58.4 Å². The van der Waals surface area contributed by atoms with Crippen LogP contribution in [0.4, 0.5) is 15.8 Å². The van der Waals surface area contributed by atoms with Crippen molar-refractivity contribution in [2.45, 2.75) is 13.8 Å². The monoisotopic (exact) mass is 460 g/mol. The van der Waals surface area contributed by atoms with Gasteiger partial charge in [0.05, 0.1) is 10.6 Å². The molecule has 0 aromatic heterocycles. The standard InChI is InChI=1S/C22H22ClFN4O4/c1-13(29)25-17-9-15(10-18(12-17)26-14(2)30)21(31)27-5-7-28(8-6-27)22(32)19-4-3-16(24)11-20(19)23/h3-4,9-12H,5-8H2,1-2H3,(H,25,29)(H,26,30). The van der Waals surface area contributed by atoms with E-state index in [0.29, 0.717) is 16.9 Å². The number of piperazine rings is 1. The Bertz CT molecular complexity index is 1050. The summed E-state index contributed by atoms with van der Waals surface area (Å²) in [5, 5.41) is 5.26. The van der Waals surface area contributed by atoms with Crippen LogP contribution in [0.3, 0.4) is 0 Å². The van der Waals surface area contributed by atoms with Crippen LogP contribution in [0.25, 0.3) is 0 Å². The van der Waals surface area contributed by atoms with Gasteiger partial charge in [-0.25, -0.2) is 4.39 Å². The molecule has 32 heavy (non-hydrogen) atoms. The summed E-state index contributed by atoms with van der Waals surface area (Å²) in [6, 6.07) is 8.23. The lowest BCUT2D eigenvalue weighted by Crippen LogP contribution is -2.50. The van der Waals surface area contributed by atoms with Gasteiger partial charge in [0, 0.05) is 57.0 Å². The molecular formula is C22H22ClFN4O4. The zero-order valence-corrected chi connectivity index (χ0v) is 18.3. The average Bonchev–Trinajstić information content (AvgIpc) is 2.71. The number of rotatable bonds is 4. The van der Waals surface area contributed by atoms with E-state index in [1.54, 1.807) is 15.9 Å². The fraction of sp³-hybridized carbons (Fsp3) is 0.273. The second-order valence-electron chi connectivity index (χ2n) is 7.37. The molecule has 2 N–H and O–H groups in total. The van der Waals surface area contributed by atoms with Gasteiger partial charge in [-0.2, -0.15) is 0 Å². The van der Waals surface area contributed by atoms with Crippen molar-refractivity contribution < 1.29 is 23.6 Å². The van der Waals surface area contributed by atoms with Crippen LogP contribution >= 0.6 is 11.6 Å². The Hall–Kier alpha value is -3.46. The lowest BCUT2D eigenvalue weighted by Gasteiger charge is -2.35. The molecule has 0 bridgehead atoms. The highest BCUT2D eigenvalue weighted by Gasteiger charge is 2.27. The second-order valence-corrected chi connectivity index (χ2v) is 7.78. The van der Waals surface area contributed by atoms with Crippen molar-refractivity contribution in [2.24, 2.45) is 0 Å². The highest BCUT2D eigenvalue weighted by Crippen LogP contribution is 2.23. The number of hydrogen-bond donors (Lipinski definition) is 2. The highest BCUT2D eigenvalue weighted by molar-refractivity contribution is 6.33. The minimum Gasteiger partial charge on any atom is -0.335 e. The molecule has 10 heteroatoms. The Kier molecular flexibility index (Phi) is 7.09. The average molecular weight is 461 g/mol. The zero-order valence-electron chi connectivity index (χ0n) is 17.6. The van der Waals surface area contributed by atoms with E-state index in [2.05, 4.69) is 10.6 Å². The van der Waals surface area contributed by atoms with E-state index in [1.165, 1.54) is 38.1 Å². The van der Waals surface area contributed by atoms with Crippen LogP contribution in [-0.2, 0) is 9.59 Å². The first-order valence-corrected chi connectivity index (χ1v) is 10.3. The van der Waals surface area contributed by atoms with E-state index < -0.39 is 5.82 Å². The van der Waals surface area contributed by atoms with Crippen LogP contribution in [-0.4, -0.2) is 59.6 Å². The highest BCUT2D eigenvalue weighted by atomic mass is 35.5. The number of benzene rings is 2. The Labute approximate surface area is 189 Å². The molecule has 3 rings (SSSR count). The van der Waals surface area contributed by atoms with Crippen LogP contribution in [0.1, 0.15) is 34.6 Å². The zero-order chi connectivity index (χ0) is 23.4.